The second kappa shape index (κ2) is 5.04. The lowest BCUT2D eigenvalue weighted by Gasteiger charge is -2.01. The van der Waals surface area contributed by atoms with Crippen molar-refractivity contribution in [2.75, 3.05) is 13.1 Å². The van der Waals surface area contributed by atoms with Gasteiger partial charge in [0.2, 0.25) is 0 Å². The third-order valence-corrected chi connectivity index (χ3v) is 3.34. The molecule has 0 bridgehead atoms. The zero-order valence-electron chi connectivity index (χ0n) is 9.88. The Labute approximate surface area is 110 Å². The van der Waals surface area contributed by atoms with Gasteiger partial charge in [-0.1, -0.05) is 23.7 Å². The van der Waals surface area contributed by atoms with E-state index in [4.69, 9.17) is 11.6 Å². The number of hydrogen-bond donors (Lipinski definition) is 1. The summed E-state index contributed by atoms with van der Waals surface area (Å²) in [7, 11) is 0. The van der Waals surface area contributed by atoms with Crippen molar-refractivity contribution < 1.29 is 0 Å². The standard InChI is InChI=1S/C12H14ClN5/c13-11-3-1-2-9(6-11)8-18-16-12(15-17-18)10-4-5-14-7-10/h1-3,6,10,14H,4-5,7-8H2. The second-order valence-corrected chi connectivity index (χ2v) is 4.93. The van der Waals surface area contributed by atoms with Gasteiger partial charge in [-0.25, -0.2) is 0 Å². The first-order valence-corrected chi connectivity index (χ1v) is 6.42. The van der Waals surface area contributed by atoms with E-state index in [1.165, 1.54) is 0 Å². The van der Waals surface area contributed by atoms with Crippen LogP contribution in [0.5, 0.6) is 0 Å². The number of nitrogens with one attached hydrogen (secondary N) is 1. The molecule has 1 aliphatic rings. The van der Waals surface area contributed by atoms with Gasteiger partial charge in [0.05, 0.1) is 6.54 Å². The van der Waals surface area contributed by atoms with Gasteiger partial charge in [0.15, 0.2) is 5.82 Å². The number of nitrogens with zero attached hydrogens (tertiary/aromatic N) is 4. The van der Waals surface area contributed by atoms with Gasteiger partial charge in [-0.2, -0.15) is 4.80 Å². The Hall–Kier alpha value is -1.46. The Morgan fingerprint density at radius 2 is 2.39 bits per heavy atom. The van der Waals surface area contributed by atoms with Gasteiger partial charge in [-0.15, -0.1) is 10.2 Å². The van der Waals surface area contributed by atoms with E-state index in [0.717, 1.165) is 35.9 Å². The van der Waals surface area contributed by atoms with Gasteiger partial charge < -0.3 is 5.32 Å². The number of rotatable bonds is 3. The molecule has 1 saturated heterocycles. The highest BCUT2D eigenvalue weighted by Gasteiger charge is 2.21. The molecule has 0 amide bonds. The van der Waals surface area contributed by atoms with Crippen molar-refractivity contribution in [1.82, 2.24) is 25.5 Å². The Bertz CT molecular complexity index is 533. The zero-order valence-corrected chi connectivity index (χ0v) is 10.6. The minimum atomic E-state index is 0.401. The quantitative estimate of drug-likeness (QED) is 0.911. The molecule has 2 aromatic rings. The van der Waals surface area contributed by atoms with E-state index in [9.17, 15) is 0 Å². The highest BCUT2D eigenvalue weighted by Crippen LogP contribution is 2.17. The normalized spacial score (nSPS) is 19.3. The second-order valence-electron chi connectivity index (χ2n) is 4.50. The number of benzene rings is 1. The number of halogens is 1. The molecule has 1 aromatic carbocycles. The van der Waals surface area contributed by atoms with Crippen LogP contribution in [0.3, 0.4) is 0 Å². The highest BCUT2D eigenvalue weighted by atomic mass is 35.5. The zero-order chi connectivity index (χ0) is 12.4. The topological polar surface area (TPSA) is 55.6 Å². The Morgan fingerprint density at radius 3 is 3.17 bits per heavy atom. The molecule has 1 atom stereocenters. The van der Waals surface area contributed by atoms with Gasteiger partial charge in [0.25, 0.3) is 0 Å². The molecule has 0 radical (unpaired) electrons. The van der Waals surface area contributed by atoms with E-state index >= 15 is 0 Å². The van der Waals surface area contributed by atoms with E-state index in [2.05, 4.69) is 20.7 Å². The molecule has 5 nitrogen and oxygen atoms in total. The molecule has 1 fully saturated rings. The smallest absolute Gasteiger partial charge is 0.179 e. The lowest BCUT2D eigenvalue weighted by atomic mass is 10.1. The summed E-state index contributed by atoms with van der Waals surface area (Å²) in [4.78, 5) is 1.62. The molecule has 1 N–H and O–H groups in total. The lowest BCUT2D eigenvalue weighted by molar-refractivity contribution is 0.567. The number of hydrogen-bond acceptors (Lipinski definition) is 4. The van der Waals surface area contributed by atoms with Crippen LogP contribution in [-0.4, -0.2) is 33.3 Å². The molecule has 0 spiro atoms. The molecule has 2 heterocycles. The Kier molecular flexibility index (Phi) is 3.25. The summed E-state index contributed by atoms with van der Waals surface area (Å²) in [5, 5.41) is 16.7. The largest absolute Gasteiger partial charge is 0.316 e. The van der Waals surface area contributed by atoms with Crippen molar-refractivity contribution in [3.05, 3.63) is 40.7 Å². The van der Waals surface area contributed by atoms with E-state index in [-0.39, 0.29) is 0 Å². The van der Waals surface area contributed by atoms with Crippen molar-refractivity contribution in [2.24, 2.45) is 0 Å². The minimum absolute atomic E-state index is 0.401. The van der Waals surface area contributed by atoms with Crippen LogP contribution in [0.2, 0.25) is 5.02 Å². The number of aromatic nitrogens is 4. The fourth-order valence-corrected chi connectivity index (χ4v) is 2.37. The third-order valence-electron chi connectivity index (χ3n) is 3.11. The van der Waals surface area contributed by atoms with Crippen LogP contribution in [-0.2, 0) is 6.54 Å². The van der Waals surface area contributed by atoms with Crippen LogP contribution in [0, 0.1) is 0 Å². The first-order chi connectivity index (χ1) is 8.81. The summed E-state index contributed by atoms with van der Waals surface area (Å²) in [6.45, 7) is 2.59. The van der Waals surface area contributed by atoms with Crippen molar-refractivity contribution in [3.63, 3.8) is 0 Å². The molecule has 0 aliphatic carbocycles. The van der Waals surface area contributed by atoms with Gasteiger partial charge in [-0.3, -0.25) is 0 Å². The van der Waals surface area contributed by atoms with Crippen molar-refractivity contribution >= 4 is 11.6 Å². The van der Waals surface area contributed by atoms with Crippen LogP contribution in [0.4, 0.5) is 0 Å². The first-order valence-electron chi connectivity index (χ1n) is 6.04. The molecule has 18 heavy (non-hydrogen) atoms. The number of tetrazole rings is 1. The summed E-state index contributed by atoms with van der Waals surface area (Å²) >= 11 is 5.95. The van der Waals surface area contributed by atoms with Gasteiger partial charge >= 0.3 is 0 Å². The van der Waals surface area contributed by atoms with Crippen LogP contribution in [0.15, 0.2) is 24.3 Å². The predicted octanol–water partition coefficient (Wildman–Crippen LogP) is 1.45. The summed E-state index contributed by atoms with van der Waals surface area (Å²) < 4.78 is 0. The predicted molar refractivity (Wildman–Crippen MR) is 68.6 cm³/mol. The maximum absolute atomic E-state index is 5.95. The maximum Gasteiger partial charge on any atom is 0.179 e. The maximum atomic E-state index is 5.95. The van der Waals surface area contributed by atoms with Gasteiger partial charge in [0.1, 0.15) is 0 Å². The molecule has 94 valence electrons. The fourth-order valence-electron chi connectivity index (χ4n) is 2.16. The molecule has 1 aromatic heterocycles. The van der Waals surface area contributed by atoms with E-state index in [0.29, 0.717) is 12.5 Å². The van der Waals surface area contributed by atoms with Crippen molar-refractivity contribution in [2.45, 2.75) is 18.9 Å². The van der Waals surface area contributed by atoms with E-state index < -0.39 is 0 Å². The summed E-state index contributed by atoms with van der Waals surface area (Å²) in [6, 6.07) is 7.71. The Balaban J connectivity index is 1.73. The molecule has 3 rings (SSSR count). The molecule has 6 heteroatoms. The fraction of sp³-hybridized carbons (Fsp3) is 0.417. The molecule has 1 unspecified atom stereocenters. The SMILES string of the molecule is Clc1cccc(Cn2nnc(C3CCNC3)n2)c1. The molecule has 1 aliphatic heterocycles. The van der Waals surface area contributed by atoms with Crippen LogP contribution in [0.1, 0.15) is 23.7 Å². The summed E-state index contributed by atoms with van der Waals surface area (Å²) in [6.07, 6.45) is 1.09. The molecule has 0 saturated carbocycles. The third kappa shape index (κ3) is 2.52. The molecular weight excluding hydrogens is 250 g/mol. The first kappa shape index (κ1) is 11.6. The van der Waals surface area contributed by atoms with Crippen LogP contribution < -0.4 is 5.32 Å². The summed E-state index contributed by atoms with van der Waals surface area (Å²) in [5.41, 5.74) is 1.08. The monoisotopic (exact) mass is 263 g/mol. The van der Waals surface area contributed by atoms with E-state index in [1.807, 2.05) is 24.3 Å². The minimum Gasteiger partial charge on any atom is -0.316 e. The van der Waals surface area contributed by atoms with Gasteiger partial charge in [0, 0.05) is 17.5 Å². The lowest BCUT2D eigenvalue weighted by Crippen LogP contribution is -2.09. The summed E-state index contributed by atoms with van der Waals surface area (Å²) in [5.74, 6) is 1.24. The molecular formula is C12H14ClN5. The van der Waals surface area contributed by atoms with Gasteiger partial charge in [-0.05, 0) is 35.9 Å². The van der Waals surface area contributed by atoms with Crippen molar-refractivity contribution in [1.29, 1.82) is 0 Å². The highest BCUT2D eigenvalue weighted by molar-refractivity contribution is 6.30. The Morgan fingerprint density at radius 1 is 1.44 bits per heavy atom. The average molecular weight is 264 g/mol. The van der Waals surface area contributed by atoms with Crippen LogP contribution >= 0.6 is 11.6 Å². The average Bonchev–Trinajstić information content (AvgIpc) is 2.98. The van der Waals surface area contributed by atoms with Crippen molar-refractivity contribution in [3.8, 4) is 0 Å². The van der Waals surface area contributed by atoms with Crippen LogP contribution in [0.25, 0.3) is 0 Å². The van der Waals surface area contributed by atoms with E-state index in [1.54, 1.807) is 4.80 Å².